The maximum absolute atomic E-state index is 13.7. The molecule has 4 atom stereocenters. The molecule has 6 aromatic rings. The number of rotatable bonds is 6. The Bertz CT molecular complexity index is 4030. The van der Waals surface area contributed by atoms with Crippen molar-refractivity contribution >= 4 is 84.3 Å². The van der Waals surface area contributed by atoms with Crippen LogP contribution in [0.3, 0.4) is 0 Å². The van der Waals surface area contributed by atoms with Crippen molar-refractivity contribution in [2.75, 3.05) is 33.5 Å². The van der Waals surface area contributed by atoms with Gasteiger partial charge in [-0.1, -0.05) is 125 Å². The predicted octanol–water partition coefficient (Wildman–Crippen LogP) is 12.8. The Morgan fingerprint density at radius 1 is 0.562 bits per heavy atom. The Morgan fingerprint density at radius 2 is 0.990 bits per heavy atom. The van der Waals surface area contributed by atoms with Gasteiger partial charge in [-0.05, 0) is 177 Å². The second-order valence-electron chi connectivity index (χ2n) is 31.3. The second kappa shape index (κ2) is 29.5. The Morgan fingerprint density at radius 3 is 1.35 bits per heavy atom. The summed E-state index contributed by atoms with van der Waals surface area (Å²) in [6.07, 6.45) is 16.4. The molecule has 8 bridgehead atoms. The van der Waals surface area contributed by atoms with Gasteiger partial charge in [-0.15, -0.1) is 0 Å². The van der Waals surface area contributed by atoms with E-state index < -0.39 is 39.0 Å². The second-order valence-corrected chi connectivity index (χ2v) is 35.5. The minimum Gasteiger partial charge on any atom is -0.424 e. The summed E-state index contributed by atoms with van der Waals surface area (Å²) in [5, 5.41) is 23.3. The van der Waals surface area contributed by atoms with E-state index in [1.807, 2.05) is 51.2 Å². The summed E-state index contributed by atoms with van der Waals surface area (Å²) in [5.41, 5.74) is 4.12. The molecular formula is C72H98BBrN12O8S2. The van der Waals surface area contributed by atoms with Crippen LogP contribution in [0.25, 0.3) is 6.08 Å². The van der Waals surface area contributed by atoms with Crippen molar-refractivity contribution in [3.63, 3.8) is 0 Å². The number of nitrogens with zero attached hydrogens (tertiary/aromatic N) is 8. The molecule has 6 aromatic heterocycles. The van der Waals surface area contributed by atoms with Gasteiger partial charge >= 0.3 is 7.12 Å². The van der Waals surface area contributed by atoms with Crippen molar-refractivity contribution in [2.45, 2.75) is 206 Å². The third kappa shape index (κ3) is 20.5. The van der Waals surface area contributed by atoms with E-state index in [-0.39, 0.29) is 66.0 Å². The van der Waals surface area contributed by atoms with Gasteiger partial charge in [-0.2, -0.15) is 16.8 Å². The van der Waals surface area contributed by atoms with Crippen molar-refractivity contribution in [3.8, 4) is 0 Å². The van der Waals surface area contributed by atoms with E-state index in [2.05, 4.69) is 175 Å². The molecule has 20 nitrogen and oxygen atoms in total. The molecule has 6 N–H and O–H groups in total. The van der Waals surface area contributed by atoms with Gasteiger partial charge in [0.05, 0.1) is 11.1 Å². The SMILES string of the molecule is CC(C)(C)/C=C/c1ccc(CC2CC[C@@H]3CN(c4nc(C(C)(C)C)ccc4C(=O)NS(=O)(=O)c4cccc(n4)N2)C(C)(C)C3)nc1.CC(C)(C)C=CB(O)O.CC(C)(C)c1ccc2c(n1)N1C[C@@H](CCC(Cc3ccc(Br)cn3)Nc3cccc(n3)S(=O)(=O)NC2=O)CC1(C)C. The number of carbonyl (C=O) groups excluding carboxylic acids is 2. The first-order valence-electron chi connectivity index (χ1n) is 33.0. The summed E-state index contributed by atoms with van der Waals surface area (Å²) >= 11 is 3.45. The van der Waals surface area contributed by atoms with Crippen molar-refractivity contribution < 1.29 is 36.5 Å². The van der Waals surface area contributed by atoms with Gasteiger partial charge < -0.3 is 30.5 Å². The van der Waals surface area contributed by atoms with Crippen LogP contribution in [0.1, 0.15) is 198 Å². The molecule has 10 heterocycles. The van der Waals surface area contributed by atoms with Crippen LogP contribution in [-0.2, 0) is 43.7 Å². The van der Waals surface area contributed by atoms with Crippen molar-refractivity contribution in [3.05, 3.63) is 159 Å². The van der Waals surface area contributed by atoms with Crippen LogP contribution in [0.15, 0.2) is 130 Å². The van der Waals surface area contributed by atoms with Crippen molar-refractivity contribution in [1.29, 1.82) is 0 Å². The molecule has 0 aromatic carbocycles. The molecule has 96 heavy (non-hydrogen) atoms. The molecule has 2 amide bonds. The molecule has 4 aliphatic heterocycles. The fourth-order valence-corrected chi connectivity index (χ4v) is 14.4. The Kier molecular flexibility index (Phi) is 23.0. The van der Waals surface area contributed by atoms with E-state index in [0.717, 1.165) is 77.9 Å². The van der Waals surface area contributed by atoms with Crippen molar-refractivity contribution in [1.82, 2.24) is 39.3 Å². The van der Waals surface area contributed by atoms with Gasteiger partial charge in [0.2, 0.25) is 0 Å². The van der Waals surface area contributed by atoms with E-state index in [4.69, 9.17) is 25.0 Å². The zero-order valence-electron chi connectivity index (χ0n) is 58.6. The number of sulfonamides is 2. The standard InChI is InChI=1S/C36H48N6O3S.C30H37BrN6O3S.C6H13BO2/c1-34(2,3)19-18-24-12-14-26(37-22-24)20-27-15-13-25-21-36(7,8)42(23-25)32-28(16-17-29(39-32)35(4,5)6)33(43)41-46(44,45)31-11-9-10-30(38-27)40-31;1-29(2,3)24-14-13-23-27(34-24)37-18-19(16-30(37,4)5)9-11-22(15-21-12-10-20(31)17-32-21)33-25-7-6-8-26(35-25)41(39,40)36-28(23)38;1-6(2,3)4-5-7(8)9/h9-12,14,16-19,22,25,27H,13,15,20-21,23H2,1-8H3,(H,38,40)(H,41,43);6-8,10,12-14,17,19,22H,9,11,15-16,18H2,1-5H3,(H,33,35)(H,36,38);4-5,8-9H,1-3H3/b19-18+;;/t25-,27?;19-,22?;/m00./s1. The number of hydrogen-bond acceptors (Lipinski definition) is 18. The first-order chi connectivity index (χ1) is 44.5. The highest BCUT2D eigenvalue weighted by Gasteiger charge is 2.44. The molecule has 0 aliphatic carbocycles. The number of halogens is 1. The van der Waals surface area contributed by atoms with Gasteiger partial charge in [-0.3, -0.25) is 19.6 Å². The highest BCUT2D eigenvalue weighted by molar-refractivity contribution is 9.10. The number of aromatic nitrogens is 6. The fourth-order valence-electron chi connectivity index (χ4n) is 12.3. The summed E-state index contributed by atoms with van der Waals surface area (Å²) in [6, 6.07) is 24.6. The third-order valence-corrected chi connectivity index (χ3v) is 20.2. The fraction of sp³-hybridized carbons (Fsp3) is 0.500. The smallest absolute Gasteiger partial charge is 0.424 e. The number of carbonyl (C=O) groups is 2. The first kappa shape index (κ1) is 74.7. The molecule has 24 heteroatoms. The monoisotopic (exact) mass is 1410 g/mol. The minimum atomic E-state index is -4.27. The van der Waals surface area contributed by atoms with E-state index in [1.54, 1.807) is 48.7 Å². The lowest BCUT2D eigenvalue weighted by Gasteiger charge is -2.34. The molecule has 2 saturated heterocycles. The number of allylic oxidation sites excluding steroid dienone is 2. The van der Waals surface area contributed by atoms with Crippen molar-refractivity contribution in [2.24, 2.45) is 22.7 Å². The zero-order valence-corrected chi connectivity index (χ0v) is 61.8. The number of pyridine rings is 6. The van der Waals surface area contributed by atoms with Crippen LogP contribution >= 0.6 is 15.9 Å². The van der Waals surface area contributed by atoms with E-state index in [1.165, 1.54) is 18.1 Å². The number of nitrogens with one attached hydrogen (secondary N) is 4. The van der Waals surface area contributed by atoms with Crippen LogP contribution in [0, 0.1) is 22.7 Å². The Hall–Kier alpha value is -7.12. The maximum atomic E-state index is 13.7. The molecular weight excluding hydrogens is 1320 g/mol. The molecule has 4 aliphatic rings. The maximum Gasteiger partial charge on any atom is 0.480 e. The largest absolute Gasteiger partial charge is 0.480 e. The number of amides is 2. The van der Waals surface area contributed by atoms with Crippen LogP contribution in [-0.4, -0.2) is 112 Å². The molecule has 2 fully saturated rings. The van der Waals surface area contributed by atoms with Gasteiger partial charge in [-0.25, -0.2) is 29.4 Å². The molecule has 0 radical (unpaired) electrons. The van der Waals surface area contributed by atoms with Crippen LogP contribution < -0.4 is 29.9 Å². The number of hydrogen-bond donors (Lipinski definition) is 6. The number of anilines is 4. The quantitative estimate of drug-likeness (QED) is 0.0846. The number of fused-ring (bicyclic) bond motifs is 12. The zero-order chi connectivity index (χ0) is 70.6. The van der Waals surface area contributed by atoms with Crippen LogP contribution in [0.2, 0.25) is 0 Å². The normalized spacial score (nSPS) is 20.9. The van der Waals surface area contributed by atoms with Gasteiger partial charge in [0.1, 0.15) is 23.3 Å². The van der Waals surface area contributed by atoms with Gasteiger partial charge in [0.15, 0.2) is 10.1 Å². The average Bonchev–Trinajstić information content (AvgIpc) is 1.57. The predicted molar refractivity (Wildman–Crippen MR) is 387 cm³/mol. The summed E-state index contributed by atoms with van der Waals surface area (Å²) in [6.45, 7) is 35.0. The summed E-state index contributed by atoms with van der Waals surface area (Å²) in [5.74, 6) is 2.53. The summed E-state index contributed by atoms with van der Waals surface area (Å²) in [7, 11) is -9.83. The third-order valence-electron chi connectivity index (χ3n) is 17.3. The average molecular weight is 1410 g/mol. The first-order valence-corrected chi connectivity index (χ1v) is 36.8. The van der Waals surface area contributed by atoms with Crippen LogP contribution in [0.4, 0.5) is 23.3 Å². The summed E-state index contributed by atoms with van der Waals surface area (Å²) < 4.78 is 59.1. The van der Waals surface area contributed by atoms with E-state index in [0.29, 0.717) is 54.5 Å². The molecule has 516 valence electrons. The lowest BCUT2D eigenvalue weighted by molar-refractivity contribution is 0.0972. The van der Waals surface area contributed by atoms with Crippen LogP contribution in [0.5, 0.6) is 0 Å². The van der Waals surface area contributed by atoms with E-state index in [9.17, 15) is 26.4 Å². The van der Waals surface area contributed by atoms with Gasteiger partial charge in [0.25, 0.3) is 31.9 Å². The molecule has 2 unspecified atom stereocenters. The topological polar surface area (TPSA) is 275 Å². The molecule has 0 saturated carbocycles. The Labute approximate surface area is 578 Å². The summed E-state index contributed by atoms with van der Waals surface area (Å²) in [4.78, 5) is 59.7. The highest BCUT2D eigenvalue weighted by Crippen LogP contribution is 2.43. The van der Waals surface area contributed by atoms with E-state index >= 15 is 0 Å². The lowest BCUT2D eigenvalue weighted by atomic mass is 9.85. The van der Waals surface area contributed by atoms with Gasteiger partial charge in [0, 0.05) is 99.6 Å². The lowest BCUT2D eigenvalue weighted by Crippen LogP contribution is -2.41. The minimum absolute atomic E-state index is 0.0242. The highest BCUT2D eigenvalue weighted by atomic mass is 79.9. The molecule has 10 rings (SSSR count). The Balaban J connectivity index is 0.000000219. The molecule has 0 spiro atoms.